The summed E-state index contributed by atoms with van der Waals surface area (Å²) in [6, 6.07) is 10.2. The molecule has 5 nitrogen and oxygen atoms in total. The van der Waals surface area contributed by atoms with Crippen molar-refractivity contribution in [3.8, 4) is 5.69 Å². The number of morpholine rings is 1. The zero-order valence-corrected chi connectivity index (χ0v) is 11.7. The van der Waals surface area contributed by atoms with Gasteiger partial charge in [0, 0.05) is 25.7 Å². The molecule has 5 heteroatoms. The molecule has 1 aliphatic rings. The number of anilines is 1. The number of benzene rings is 1. The van der Waals surface area contributed by atoms with E-state index in [4.69, 9.17) is 10.5 Å². The first-order valence-electron chi connectivity index (χ1n) is 6.94. The van der Waals surface area contributed by atoms with Crippen LogP contribution in [0, 0.1) is 6.92 Å². The fraction of sp³-hybridized carbons (Fsp3) is 0.400. The molecule has 0 bridgehead atoms. The SMILES string of the molecule is Cc1ccc(-n2nc(CN3CCOCC3)cc2N)cc1. The number of nitrogens with two attached hydrogens (primary N) is 1. The Morgan fingerprint density at radius 3 is 2.60 bits per heavy atom. The van der Waals surface area contributed by atoms with Crippen LogP contribution in [0.25, 0.3) is 5.69 Å². The number of aryl methyl sites for hydroxylation is 1. The van der Waals surface area contributed by atoms with Gasteiger partial charge in [-0.05, 0) is 19.1 Å². The average molecular weight is 272 g/mol. The minimum Gasteiger partial charge on any atom is -0.384 e. The van der Waals surface area contributed by atoms with Crippen molar-refractivity contribution in [2.24, 2.45) is 0 Å². The number of ether oxygens (including phenoxy) is 1. The Balaban J connectivity index is 1.78. The molecule has 1 saturated heterocycles. The van der Waals surface area contributed by atoms with Crippen LogP contribution >= 0.6 is 0 Å². The van der Waals surface area contributed by atoms with Crippen molar-refractivity contribution >= 4 is 5.82 Å². The highest BCUT2D eigenvalue weighted by atomic mass is 16.5. The quantitative estimate of drug-likeness (QED) is 0.922. The molecule has 20 heavy (non-hydrogen) atoms. The largest absolute Gasteiger partial charge is 0.384 e. The van der Waals surface area contributed by atoms with Gasteiger partial charge in [0.05, 0.1) is 24.6 Å². The van der Waals surface area contributed by atoms with E-state index in [2.05, 4.69) is 29.1 Å². The van der Waals surface area contributed by atoms with Crippen LogP contribution in [0.5, 0.6) is 0 Å². The molecule has 2 aromatic rings. The summed E-state index contributed by atoms with van der Waals surface area (Å²) in [4.78, 5) is 2.34. The summed E-state index contributed by atoms with van der Waals surface area (Å²) in [6.07, 6.45) is 0. The zero-order valence-electron chi connectivity index (χ0n) is 11.7. The van der Waals surface area contributed by atoms with Crippen molar-refractivity contribution in [3.05, 3.63) is 41.6 Å². The Morgan fingerprint density at radius 2 is 1.90 bits per heavy atom. The van der Waals surface area contributed by atoms with Gasteiger partial charge in [-0.25, -0.2) is 4.68 Å². The molecule has 2 N–H and O–H groups in total. The monoisotopic (exact) mass is 272 g/mol. The Morgan fingerprint density at radius 1 is 1.20 bits per heavy atom. The van der Waals surface area contributed by atoms with E-state index in [0.29, 0.717) is 5.82 Å². The fourth-order valence-electron chi connectivity index (χ4n) is 2.41. The average Bonchev–Trinajstić information content (AvgIpc) is 2.81. The normalized spacial score (nSPS) is 16.4. The van der Waals surface area contributed by atoms with Gasteiger partial charge in [-0.15, -0.1) is 0 Å². The third-order valence-corrected chi connectivity index (χ3v) is 3.56. The third-order valence-electron chi connectivity index (χ3n) is 3.56. The number of rotatable bonds is 3. The van der Waals surface area contributed by atoms with E-state index < -0.39 is 0 Å². The maximum atomic E-state index is 6.07. The van der Waals surface area contributed by atoms with E-state index in [9.17, 15) is 0 Å². The zero-order chi connectivity index (χ0) is 13.9. The molecule has 0 radical (unpaired) electrons. The molecule has 0 atom stereocenters. The highest BCUT2D eigenvalue weighted by Gasteiger charge is 2.14. The smallest absolute Gasteiger partial charge is 0.127 e. The van der Waals surface area contributed by atoms with E-state index in [1.165, 1.54) is 5.56 Å². The van der Waals surface area contributed by atoms with Gasteiger partial charge in [0.1, 0.15) is 5.82 Å². The minimum atomic E-state index is 0.678. The highest BCUT2D eigenvalue weighted by Crippen LogP contribution is 2.16. The van der Waals surface area contributed by atoms with E-state index in [-0.39, 0.29) is 0 Å². The van der Waals surface area contributed by atoms with Crippen LogP contribution < -0.4 is 5.73 Å². The number of hydrogen-bond acceptors (Lipinski definition) is 4. The predicted octanol–water partition coefficient (Wildman–Crippen LogP) is 1.60. The fourth-order valence-corrected chi connectivity index (χ4v) is 2.41. The summed E-state index contributed by atoms with van der Waals surface area (Å²) in [7, 11) is 0. The number of hydrogen-bond donors (Lipinski definition) is 1. The molecule has 106 valence electrons. The van der Waals surface area contributed by atoms with E-state index in [0.717, 1.165) is 44.2 Å². The van der Waals surface area contributed by atoms with Gasteiger partial charge in [0.2, 0.25) is 0 Å². The van der Waals surface area contributed by atoms with Gasteiger partial charge in [0.25, 0.3) is 0 Å². The molecular formula is C15H20N4O. The second-order valence-corrected chi connectivity index (χ2v) is 5.20. The maximum absolute atomic E-state index is 6.07. The van der Waals surface area contributed by atoms with E-state index in [1.807, 2.05) is 18.2 Å². The summed E-state index contributed by atoms with van der Waals surface area (Å²) in [6.45, 7) is 6.41. The number of nitrogen functional groups attached to an aromatic ring is 1. The lowest BCUT2D eigenvalue weighted by molar-refractivity contribution is 0.0336. The Hall–Kier alpha value is -1.85. The van der Waals surface area contributed by atoms with Crippen molar-refractivity contribution in [2.45, 2.75) is 13.5 Å². The van der Waals surface area contributed by atoms with Crippen LogP contribution in [0.2, 0.25) is 0 Å². The highest BCUT2D eigenvalue weighted by molar-refractivity contribution is 5.43. The summed E-state index contributed by atoms with van der Waals surface area (Å²) in [5.41, 5.74) is 9.31. The lowest BCUT2D eigenvalue weighted by Crippen LogP contribution is -2.35. The summed E-state index contributed by atoms with van der Waals surface area (Å²) in [5.74, 6) is 0.678. The van der Waals surface area contributed by atoms with E-state index >= 15 is 0 Å². The number of aromatic nitrogens is 2. The van der Waals surface area contributed by atoms with Gasteiger partial charge in [0.15, 0.2) is 0 Å². The van der Waals surface area contributed by atoms with Crippen molar-refractivity contribution < 1.29 is 4.74 Å². The first-order chi connectivity index (χ1) is 9.72. The molecule has 1 aromatic carbocycles. The van der Waals surface area contributed by atoms with Gasteiger partial charge in [-0.2, -0.15) is 5.10 Å². The van der Waals surface area contributed by atoms with Gasteiger partial charge >= 0.3 is 0 Å². The van der Waals surface area contributed by atoms with Crippen LogP contribution in [0.15, 0.2) is 30.3 Å². The molecule has 1 aliphatic heterocycles. The summed E-state index contributed by atoms with van der Waals surface area (Å²) in [5, 5.41) is 4.61. The van der Waals surface area contributed by atoms with Crippen LogP contribution in [-0.4, -0.2) is 41.0 Å². The second kappa shape index (κ2) is 5.64. The van der Waals surface area contributed by atoms with E-state index in [1.54, 1.807) is 4.68 Å². The Labute approximate surface area is 118 Å². The van der Waals surface area contributed by atoms with Crippen LogP contribution in [-0.2, 0) is 11.3 Å². The lowest BCUT2D eigenvalue weighted by Gasteiger charge is -2.25. The second-order valence-electron chi connectivity index (χ2n) is 5.20. The summed E-state index contributed by atoms with van der Waals surface area (Å²) >= 11 is 0. The minimum absolute atomic E-state index is 0.678. The molecule has 0 amide bonds. The summed E-state index contributed by atoms with van der Waals surface area (Å²) < 4.78 is 7.16. The van der Waals surface area contributed by atoms with Crippen molar-refractivity contribution in [1.29, 1.82) is 0 Å². The van der Waals surface area contributed by atoms with Crippen LogP contribution in [0.4, 0.5) is 5.82 Å². The molecule has 0 unspecified atom stereocenters. The van der Waals surface area contributed by atoms with Crippen LogP contribution in [0.1, 0.15) is 11.3 Å². The molecule has 1 aromatic heterocycles. The topological polar surface area (TPSA) is 56.3 Å². The predicted molar refractivity (Wildman–Crippen MR) is 78.8 cm³/mol. The Kier molecular flexibility index (Phi) is 3.71. The van der Waals surface area contributed by atoms with Gasteiger partial charge < -0.3 is 10.5 Å². The molecule has 1 fully saturated rings. The molecule has 3 rings (SSSR count). The number of nitrogens with zero attached hydrogens (tertiary/aromatic N) is 3. The molecule has 2 heterocycles. The lowest BCUT2D eigenvalue weighted by atomic mass is 10.2. The standard InChI is InChI=1S/C15H20N4O/c1-12-2-4-14(5-3-12)19-15(16)10-13(17-19)11-18-6-8-20-9-7-18/h2-5,10H,6-9,11,16H2,1H3. The molecule has 0 aliphatic carbocycles. The van der Waals surface area contributed by atoms with Gasteiger partial charge in [-0.1, -0.05) is 17.7 Å². The van der Waals surface area contributed by atoms with Crippen molar-refractivity contribution in [2.75, 3.05) is 32.0 Å². The Bertz CT molecular complexity index is 570. The third kappa shape index (κ3) is 2.84. The molecule has 0 spiro atoms. The maximum Gasteiger partial charge on any atom is 0.127 e. The molecule has 0 saturated carbocycles. The first-order valence-corrected chi connectivity index (χ1v) is 6.94. The van der Waals surface area contributed by atoms with Crippen LogP contribution in [0.3, 0.4) is 0 Å². The van der Waals surface area contributed by atoms with Crippen molar-refractivity contribution in [3.63, 3.8) is 0 Å². The first kappa shape index (κ1) is 13.1. The molecular weight excluding hydrogens is 252 g/mol. The van der Waals surface area contributed by atoms with Crippen molar-refractivity contribution in [1.82, 2.24) is 14.7 Å². The van der Waals surface area contributed by atoms with Gasteiger partial charge in [-0.3, -0.25) is 4.90 Å².